The molecule has 1 saturated heterocycles. The first kappa shape index (κ1) is 18.3. The summed E-state index contributed by atoms with van der Waals surface area (Å²) < 4.78 is 42.6. The summed E-state index contributed by atoms with van der Waals surface area (Å²) in [4.78, 5) is 14.1. The summed E-state index contributed by atoms with van der Waals surface area (Å²) >= 11 is 0.918. The third kappa shape index (κ3) is 3.71. The molecule has 1 fully saturated rings. The molecule has 1 amide bonds. The fourth-order valence-electron chi connectivity index (χ4n) is 2.34. The van der Waals surface area contributed by atoms with E-state index in [1.165, 1.54) is 29.2 Å². The zero-order valence-corrected chi connectivity index (χ0v) is 15.4. The van der Waals surface area contributed by atoms with Crippen molar-refractivity contribution < 1.29 is 17.6 Å². The molecule has 0 unspecified atom stereocenters. The highest BCUT2D eigenvalue weighted by Gasteiger charge is 2.34. The number of likely N-dealkylation sites (N-methyl/N-ethyl adjacent to an activating group) is 1. The van der Waals surface area contributed by atoms with Crippen LogP contribution in [0.2, 0.25) is 0 Å². The minimum Gasteiger partial charge on any atom is -0.286 e. The molecule has 0 atom stereocenters. The Kier molecular flexibility index (Phi) is 5.24. The molecule has 2 aromatic carbocycles. The van der Waals surface area contributed by atoms with Gasteiger partial charge in [0.25, 0.3) is 15.9 Å². The Bertz CT molecular complexity index is 1000. The van der Waals surface area contributed by atoms with Crippen LogP contribution in [0.25, 0.3) is 6.08 Å². The first-order valence-corrected chi connectivity index (χ1v) is 10.0. The number of benzene rings is 2. The van der Waals surface area contributed by atoms with Crippen LogP contribution in [0.4, 0.5) is 4.39 Å². The van der Waals surface area contributed by atoms with E-state index in [-0.39, 0.29) is 27.1 Å². The van der Waals surface area contributed by atoms with Crippen LogP contribution >= 0.6 is 11.8 Å². The van der Waals surface area contributed by atoms with Crippen LogP contribution in [0.15, 0.2) is 68.8 Å². The van der Waals surface area contributed by atoms with E-state index in [0.29, 0.717) is 0 Å². The molecule has 3 rings (SSSR count). The number of carbonyl (C=O) groups is 1. The fraction of sp³-hybridized carbons (Fsp3) is 0.111. The van der Waals surface area contributed by atoms with E-state index >= 15 is 0 Å². The van der Waals surface area contributed by atoms with Crippen LogP contribution in [0, 0.1) is 5.82 Å². The number of carbonyl (C=O) groups excluding carboxylic acids is 1. The summed E-state index contributed by atoms with van der Waals surface area (Å²) in [7, 11) is -3.94. The van der Waals surface area contributed by atoms with Gasteiger partial charge in [0.15, 0.2) is 5.17 Å². The molecule has 8 heteroatoms. The van der Waals surface area contributed by atoms with Crippen LogP contribution in [-0.2, 0) is 14.8 Å². The Labute approximate surface area is 155 Å². The van der Waals surface area contributed by atoms with Crippen molar-refractivity contribution in [3.63, 3.8) is 0 Å². The highest BCUT2D eigenvalue weighted by Crippen LogP contribution is 2.33. The molecule has 0 aliphatic carbocycles. The standard InChI is InChI=1S/C18H15FN2O3S2/c1-2-21-17(22)16(12-13-8-6-7-11-15(13)19)25-18(21)20-26(23,24)14-9-4-3-5-10-14/h3-12H,2H2,1H3/b16-12+,20-18-. The molecule has 0 saturated carbocycles. The molecule has 26 heavy (non-hydrogen) atoms. The maximum atomic E-state index is 13.8. The van der Waals surface area contributed by atoms with Gasteiger partial charge in [0.05, 0.1) is 9.80 Å². The lowest BCUT2D eigenvalue weighted by Crippen LogP contribution is -2.29. The second-order valence-corrected chi connectivity index (χ2v) is 7.96. The van der Waals surface area contributed by atoms with E-state index in [1.54, 1.807) is 43.3 Å². The zero-order valence-electron chi connectivity index (χ0n) is 13.8. The number of thioether (sulfide) groups is 1. The maximum Gasteiger partial charge on any atom is 0.284 e. The molecule has 0 spiro atoms. The van der Waals surface area contributed by atoms with Crippen molar-refractivity contribution in [2.45, 2.75) is 11.8 Å². The summed E-state index contributed by atoms with van der Waals surface area (Å²) in [5.74, 6) is -0.860. The van der Waals surface area contributed by atoms with Gasteiger partial charge in [-0.2, -0.15) is 8.42 Å². The quantitative estimate of drug-likeness (QED) is 0.750. The van der Waals surface area contributed by atoms with Crippen molar-refractivity contribution in [3.05, 3.63) is 70.9 Å². The molecule has 0 bridgehead atoms. The number of hydrogen-bond donors (Lipinski definition) is 0. The lowest BCUT2D eigenvalue weighted by Gasteiger charge is -2.11. The normalized spacial score (nSPS) is 18.1. The molecule has 1 aliphatic heterocycles. The van der Waals surface area contributed by atoms with Crippen LogP contribution in [-0.4, -0.2) is 30.9 Å². The van der Waals surface area contributed by atoms with Crippen LogP contribution in [0.5, 0.6) is 0 Å². The largest absolute Gasteiger partial charge is 0.286 e. The van der Waals surface area contributed by atoms with E-state index in [9.17, 15) is 17.6 Å². The molecule has 0 aromatic heterocycles. The van der Waals surface area contributed by atoms with Gasteiger partial charge >= 0.3 is 0 Å². The van der Waals surface area contributed by atoms with Gasteiger partial charge < -0.3 is 0 Å². The Hall–Kier alpha value is -2.45. The Morgan fingerprint density at radius 2 is 1.77 bits per heavy atom. The van der Waals surface area contributed by atoms with Gasteiger partial charge in [-0.25, -0.2) is 4.39 Å². The van der Waals surface area contributed by atoms with Gasteiger partial charge in [0.1, 0.15) is 5.82 Å². The number of halogens is 1. The molecule has 1 heterocycles. The number of amidine groups is 1. The van der Waals surface area contributed by atoms with Gasteiger partial charge in [0.2, 0.25) is 0 Å². The van der Waals surface area contributed by atoms with Crippen molar-refractivity contribution >= 4 is 38.9 Å². The molecule has 0 radical (unpaired) electrons. The second-order valence-electron chi connectivity index (χ2n) is 5.34. The molecule has 0 N–H and O–H groups in total. The third-order valence-electron chi connectivity index (χ3n) is 3.64. The Balaban J connectivity index is 1.99. The van der Waals surface area contributed by atoms with Crippen molar-refractivity contribution in [2.75, 3.05) is 6.54 Å². The van der Waals surface area contributed by atoms with Crippen LogP contribution < -0.4 is 0 Å². The number of sulfonamides is 1. The second kappa shape index (κ2) is 7.43. The van der Waals surface area contributed by atoms with Crippen molar-refractivity contribution in [1.29, 1.82) is 0 Å². The Morgan fingerprint density at radius 1 is 1.12 bits per heavy atom. The summed E-state index contributed by atoms with van der Waals surface area (Å²) in [6.07, 6.45) is 1.41. The topological polar surface area (TPSA) is 66.8 Å². The molecule has 5 nitrogen and oxygen atoms in total. The lowest BCUT2D eigenvalue weighted by atomic mass is 10.2. The predicted molar refractivity (Wildman–Crippen MR) is 100 cm³/mol. The highest BCUT2D eigenvalue weighted by atomic mass is 32.2. The number of hydrogen-bond acceptors (Lipinski definition) is 4. The van der Waals surface area contributed by atoms with Crippen molar-refractivity contribution in [1.82, 2.24) is 4.90 Å². The van der Waals surface area contributed by atoms with Crippen molar-refractivity contribution in [3.8, 4) is 0 Å². The Morgan fingerprint density at radius 3 is 2.42 bits per heavy atom. The lowest BCUT2D eigenvalue weighted by molar-refractivity contribution is -0.122. The highest BCUT2D eigenvalue weighted by molar-refractivity contribution is 8.19. The smallest absolute Gasteiger partial charge is 0.284 e. The van der Waals surface area contributed by atoms with Crippen LogP contribution in [0.1, 0.15) is 12.5 Å². The average Bonchev–Trinajstić information content (AvgIpc) is 2.91. The minimum atomic E-state index is -3.94. The molecular weight excluding hydrogens is 375 g/mol. The fourth-order valence-corrected chi connectivity index (χ4v) is 4.59. The van der Waals surface area contributed by atoms with Gasteiger partial charge in [-0.15, -0.1) is 4.40 Å². The van der Waals surface area contributed by atoms with E-state index in [1.807, 2.05) is 0 Å². The minimum absolute atomic E-state index is 0.0446. The molecular formula is C18H15FN2O3S2. The van der Waals surface area contributed by atoms with E-state index in [0.717, 1.165) is 11.8 Å². The van der Waals surface area contributed by atoms with Gasteiger partial charge in [-0.05, 0) is 43.0 Å². The maximum absolute atomic E-state index is 13.8. The number of nitrogens with zero attached hydrogens (tertiary/aromatic N) is 2. The van der Waals surface area contributed by atoms with E-state index < -0.39 is 21.7 Å². The predicted octanol–water partition coefficient (Wildman–Crippen LogP) is 3.51. The van der Waals surface area contributed by atoms with Crippen molar-refractivity contribution in [2.24, 2.45) is 4.40 Å². The number of amides is 1. The van der Waals surface area contributed by atoms with Gasteiger partial charge in [0, 0.05) is 12.1 Å². The summed E-state index contributed by atoms with van der Waals surface area (Å²) in [5.41, 5.74) is 0.256. The van der Waals surface area contributed by atoms with Crippen LogP contribution in [0.3, 0.4) is 0 Å². The first-order valence-electron chi connectivity index (χ1n) is 7.78. The SMILES string of the molecule is CCN1C(=O)/C(=C\c2ccccc2F)S/C1=N\S(=O)(=O)c1ccccc1. The van der Waals surface area contributed by atoms with Gasteiger partial charge in [-0.1, -0.05) is 36.4 Å². The molecule has 1 aliphatic rings. The van der Waals surface area contributed by atoms with E-state index in [4.69, 9.17) is 0 Å². The average molecular weight is 390 g/mol. The summed E-state index contributed by atoms with van der Waals surface area (Å²) in [5, 5.41) is 0.0592. The number of rotatable bonds is 4. The summed E-state index contributed by atoms with van der Waals surface area (Å²) in [6, 6.07) is 13.8. The first-order chi connectivity index (χ1) is 12.4. The van der Waals surface area contributed by atoms with Gasteiger partial charge in [-0.3, -0.25) is 9.69 Å². The third-order valence-corrected chi connectivity index (χ3v) is 6.04. The zero-order chi connectivity index (χ0) is 18.7. The molecule has 134 valence electrons. The monoisotopic (exact) mass is 390 g/mol. The molecule has 2 aromatic rings. The van der Waals surface area contributed by atoms with E-state index in [2.05, 4.69) is 4.40 Å². The summed E-state index contributed by atoms with van der Waals surface area (Å²) in [6.45, 7) is 1.97.